The van der Waals surface area contributed by atoms with Crippen LogP contribution in [0.25, 0.3) is 10.9 Å². The molecule has 2 aromatic rings. The summed E-state index contributed by atoms with van der Waals surface area (Å²) in [6.07, 6.45) is 2.61. The molecule has 4 aliphatic rings. The smallest absolute Gasteiger partial charge is 0.200 e. The zero-order chi connectivity index (χ0) is 16.1. The molecule has 5 heterocycles. The second kappa shape index (κ2) is 5.18. The molecular weight excluding hydrogens is 298 g/mol. The molecule has 0 aliphatic carbocycles. The lowest BCUT2D eigenvalue weighted by molar-refractivity contribution is -0.0199. The van der Waals surface area contributed by atoms with Crippen molar-refractivity contribution in [3.63, 3.8) is 0 Å². The number of nitrogens with one attached hydrogen (secondary N) is 1. The lowest BCUT2D eigenvalue weighted by Gasteiger charge is -2.54. The van der Waals surface area contributed by atoms with Crippen molar-refractivity contribution in [2.24, 2.45) is 10.9 Å². The van der Waals surface area contributed by atoms with E-state index in [0.717, 1.165) is 36.3 Å². The van der Waals surface area contributed by atoms with E-state index in [4.69, 9.17) is 9.98 Å². The summed E-state index contributed by atoms with van der Waals surface area (Å²) in [4.78, 5) is 14.6. The van der Waals surface area contributed by atoms with Gasteiger partial charge in [0, 0.05) is 19.0 Å². The topological polar surface area (TPSA) is 43.8 Å². The largest absolute Gasteiger partial charge is 0.337 e. The second-order valence-electron chi connectivity index (χ2n) is 7.37. The number of aromatic nitrogens is 1. The highest BCUT2D eigenvalue weighted by atomic mass is 15.4. The van der Waals surface area contributed by atoms with Crippen molar-refractivity contribution in [2.45, 2.75) is 18.4 Å². The van der Waals surface area contributed by atoms with Gasteiger partial charge in [-0.05, 0) is 50.0 Å². The summed E-state index contributed by atoms with van der Waals surface area (Å²) in [5.74, 6) is 2.60. The van der Waals surface area contributed by atoms with E-state index in [1.807, 2.05) is 18.2 Å². The van der Waals surface area contributed by atoms with E-state index in [-0.39, 0.29) is 5.54 Å². The van der Waals surface area contributed by atoms with Gasteiger partial charge in [0.25, 0.3) is 0 Å². The zero-order valence-electron chi connectivity index (χ0n) is 14.1. The molecule has 5 heteroatoms. The minimum absolute atomic E-state index is 0.190. The number of aliphatic imine (C=N–C) groups is 1. The molecule has 124 valence electrons. The molecule has 24 heavy (non-hydrogen) atoms. The Labute approximate surface area is 142 Å². The summed E-state index contributed by atoms with van der Waals surface area (Å²) in [6, 6.07) is 12.4. The van der Waals surface area contributed by atoms with E-state index in [2.05, 4.69) is 40.4 Å². The van der Waals surface area contributed by atoms with Crippen molar-refractivity contribution in [1.82, 2.24) is 14.8 Å². The molecule has 4 aliphatic heterocycles. The molecule has 3 fully saturated rings. The van der Waals surface area contributed by atoms with E-state index in [1.165, 1.54) is 31.3 Å². The van der Waals surface area contributed by atoms with Gasteiger partial charge in [0.15, 0.2) is 5.96 Å². The van der Waals surface area contributed by atoms with Crippen LogP contribution < -0.4 is 5.32 Å². The summed E-state index contributed by atoms with van der Waals surface area (Å²) in [7, 11) is 2.20. The van der Waals surface area contributed by atoms with E-state index in [0.29, 0.717) is 0 Å². The predicted molar refractivity (Wildman–Crippen MR) is 97.3 cm³/mol. The Morgan fingerprint density at radius 2 is 1.96 bits per heavy atom. The third kappa shape index (κ3) is 2.04. The highest BCUT2D eigenvalue weighted by molar-refractivity contribution is 5.95. The molecule has 1 aromatic heterocycles. The summed E-state index contributed by atoms with van der Waals surface area (Å²) in [6.45, 7) is 4.57. The van der Waals surface area contributed by atoms with Crippen LogP contribution in [0.1, 0.15) is 12.8 Å². The Kier molecular flexibility index (Phi) is 3.07. The number of guanidine groups is 1. The van der Waals surface area contributed by atoms with Crippen LogP contribution in [0.5, 0.6) is 0 Å². The summed E-state index contributed by atoms with van der Waals surface area (Å²) in [5.41, 5.74) is 1.21. The summed E-state index contributed by atoms with van der Waals surface area (Å²) >= 11 is 0. The van der Waals surface area contributed by atoms with Gasteiger partial charge >= 0.3 is 0 Å². The molecule has 6 rings (SSSR count). The van der Waals surface area contributed by atoms with Crippen LogP contribution in [0.4, 0.5) is 5.82 Å². The summed E-state index contributed by atoms with van der Waals surface area (Å²) < 4.78 is 0. The van der Waals surface area contributed by atoms with Crippen LogP contribution in [-0.2, 0) is 0 Å². The number of anilines is 1. The lowest BCUT2D eigenvalue weighted by Crippen LogP contribution is -2.66. The van der Waals surface area contributed by atoms with Crippen LogP contribution in [0.3, 0.4) is 0 Å². The number of pyridine rings is 1. The van der Waals surface area contributed by atoms with Crippen molar-refractivity contribution < 1.29 is 0 Å². The third-order valence-electron chi connectivity index (χ3n) is 6.17. The fourth-order valence-corrected chi connectivity index (χ4v) is 4.71. The molecule has 5 nitrogen and oxygen atoms in total. The van der Waals surface area contributed by atoms with Crippen molar-refractivity contribution in [3.05, 3.63) is 36.4 Å². The number of fused-ring (bicyclic) bond motifs is 3. The standard InChI is InChI=1S/C19H23N5/c1-23-18(20-12-19(23)13-24-10-8-15(19)9-11-24)22-17-7-6-14-4-2-3-5-16(14)21-17/h2-7,15H,8-13H2,1H3,(H,20,21,22). The van der Waals surface area contributed by atoms with Gasteiger partial charge < -0.3 is 15.1 Å². The van der Waals surface area contributed by atoms with Crippen LogP contribution in [0, 0.1) is 5.92 Å². The molecule has 1 spiro atoms. The quantitative estimate of drug-likeness (QED) is 0.876. The molecule has 1 atom stereocenters. The Bertz CT molecular complexity index is 808. The number of piperidine rings is 3. The number of likely N-dealkylation sites (N-methyl/N-ethyl adjacent to an activating group) is 1. The van der Waals surface area contributed by atoms with Crippen LogP contribution in [0.2, 0.25) is 0 Å². The first-order valence-electron chi connectivity index (χ1n) is 8.88. The van der Waals surface area contributed by atoms with Crippen molar-refractivity contribution in [1.29, 1.82) is 0 Å². The van der Waals surface area contributed by atoms with E-state index in [9.17, 15) is 0 Å². The average molecular weight is 321 g/mol. The highest BCUT2D eigenvalue weighted by Crippen LogP contribution is 2.41. The van der Waals surface area contributed by atoms with Crippen LogP contribution in [0.15, 0.2) is 41.4 Å². The lowest BCUT2D eigenvalue weighted by atomic mass is 9.72. The number of hydrogen-bond donors (Lipinski definition) is 1. The van der Waals surface area contributed by atoms with Crippen LogP contribution in [-0.4, -0.2) is 59.5 Å². The van der Waals surface area contributed by atoms with Crippen molar-refractivity contribution >= 4 is 22.7 Å². The second-order valence-corrected chi connectivity index (χ2v) is 7.37. The van der Waals surface area contributed by atoms with Crippen molar-refractivity contribution in [2.75, 3.05) is 38.5 Å². The van der Waals surface area contributed by atoms with E-state index in [1.54, 1.807) is 0 Å². The maximum atomic E-state index is 4.85. The number of rotatable bonds is 1. The first-order chi connectivity index (χ1) is 11.7. The van der Waals surface area contributed by atoms with Gasteiger partial charge in [0.1, 0.15) is 5.82 Å². The molecule has 1 unspecified atom stereocenters. The molecule has 0 radical (unpaired) electrons. The van der Waals surface area contributed by atoms with Crippen LogP contribution >= 0.6 is 0 Å². The molecule has 0 saturated carbocycles. The van der Waals surface area contributed by atoms with Gasteiger partial charge in [-0.1, -0.05) is 18.2 Å². The maximum Gasteiger partial charge on any atom is 0.200 e. The number of nitrogens with zero attached hydrogens (tertiary/aromatic N) is 4. The fraction of sp³-hybridized carbons (Fsp3) is 0.474. The number of benzene rings is 1. The van der Waals surface area contributed by atoms with Gasteiger partial charge in [-0.15, -0.1) is 0 Å². The van der Waals surface area contributed by atoms with Gasteiger partial charge in [0.05, 0.1) is 17.6 Å². The Morgan fingerprint density at radius 1 is 1.12 bits per heavy atom. The molecule has 0 amide bonds. The third-order valence-corrected chi connectivity index (χ3v) is 6.17. The molecule has 1 N–H and O–H groups in total. The molecule has 3 saturated heterocycles. The predicted octanol–water partition coefficient (Wildman–Crippen LogP) is 2.41. The Balaban J connectivity index is 1.39. The molecular formula is C19H23N5. The van der Waals surface area contributed by atoms with E-state index < -0.39 is 0 Å². The normalized spacial score (nSPS) is 31.7. The van der Waals surface area contributed by atoms with Gasteiger partial charge in [-0.2, -0.15) is 0 Å². The summed E-state index contributed by atoms with van der Waals surface area (Å²) in [5, 5.41) is 4.63. The highest BCUT2D eigenvalue weighted by Gasteiger charge is 2.52. The molecule has 2 bridgehead atoms. The monoisotopic (exact) mass is 321 g/mol. The first-order valence-corrected chi connectivity index (χ1v) is 8.88. The minimum atomic E-state index is 0.190. The van der Waals surface area contributed by atoms with Crippen molar-refractivity contribution in [3.8, 4) is 0 Å². The Hall–Kier alpha value is -2.14. The van der Waals surface area contributed by atoms with Gasteiger partial charge in [-0.25, -0.2) is 4.98 Å². The van der Waals surface area contributed by atoms with E-state index >= 15 is 0 Å². The molecule has 1 aromatic carbocycles. The number of hydrogen-bond acceptors (Lipinski definition) is 5. The number of para-hydroxylation sites is 1. The SMILES string of the molecule is CN1C(Nc2ccc3ccccc3n2)=NCC12CN1CCC2CC1. The van der Waals surface area contributed by atoms with Gasteiger partial charge in [0.2, 0.25) is 0 Å². The first kappa shape index (κ1) is 14.2. The fourth-order valence-electron chi connectivity index (χ4n) is 4.71. The minimum Gasteiger partial charge on any atom is -0.337 e. The maximum absolute atomic E-state index is 4.85. The Morgan fingerprint density at radius 3 is 2.75 bits per heavy atom. The zero-order valence-corrected chi connectivity index (χ0v) is 14.1. The average Bonchev–Trinajstić information content (AvgIpc) is 2.92. The van der Waals surface area contributed by atoms with Gasteiger partial charge in [-0.3, -0.25) is 4.99 Å².